The van der Waals surface area contributed by atoms with Crippen molar-refractivity contribution in [1.29, 1.82) is 0 Å². The zero-order valence-electron chi connectivity index (χ0n) is 21.6. The van der Waals surface area contributed by atoms with E-state index in [-0.39, 0.29) is 24.2 Å². The van der Waals surface area contributed by atoms with Gasteiger partial charge < -0.3 is 15.9 Å². The monoisotopic (exact) mass is 518 g/mol. The molecule has 0 aliphatic heterocycles. The quantitative estimate of drug-likeness (QED) is 0.511. The number of phenols is 1. The van der Waals surface area contributed by atoms with Crippen molar-refractivity contribution in [1.82, 2.24) is 4.90 Å². The van der Waals surface area contributed by atoms with Crippen LogP contribution in [0.4, 0.5) is 0 Å². The fourth-order valence-corrected chi connectivity index (χ4v) is 6.78. The molecular weight excluding hydrogens is 488 g/mol. The van der Waals surface area contributed by atoms with Crippen LogP contribution in [0.2, 0.25) is 0 Å². The molecule has 0 spiro atoms. The number of rotatable bonds is 3. The maximum Gasteiger partial charge on any atom is 0.235 e. The van der Waals surface area contributed by atoms with Crippen molar-refractivity contribution < 1.29 is 34.2 Å². The van der Waals surface area contributed by atoms with Crippen LogP contribution >= 0.6 is 0 Å². The summed E-state index contributed by atoms with van der Waals surface area (Å²) in [4.78, 5) is 67.8. The zero-order valence-corrected chi connectivity index (χ0v) is 21.6. The molecule has 198 valence electrons. The Balaban J connectivity index is 1.66. The van der Waals surface area contributed by atoms with Crippen LogP contribution in [0.3, 0.4) is 0 Å². The third kappa shape index (κ3) is 3.41. The summed E-state index contributed by atoms with van der Waals surface area (Å²) in [7, 11) is 3.12. The number of nitrogens with two attached hydrogens (primary N) is 1. The summed E-state index contributed by atoms with van der Waals surface area (Å²) in [6.07, 6.45) is 0.244. The maximum absolute atomic E-state index is 13.9. The molecule has 2 fully saturated rings. The highest BCUT2D eigenvalue weighted by Gasteiger charge is 2.69. The summed E-state index contributed by atoms with van der Waals surface area (Å²) < 4.78 is 0. The number of benzene rings is 2. The van der Waals surface area contributed by atoms with Crippen molar-refractivity contribution in [3.63, 3.8) is 0 Å². The van der Waals surface area contributed by atoms with Gasteiger partial charge in [-0.05, 0) is 80.6 Å². The number of aryl methyl sites for hydroxylation is 2. The van der Waals surface area contributed by atoms with E-state index in [1.54, 1.807) is 20.2 Å². The molecule has 2 saturated carbocycles. The number of hydrogen-bond donors (Lipinski definition) is 3. The topological polar surface area (TPSA) is 155 Å². The van der Waals surface area contributed by atoms with Gasteiger partial charge in [0.05, 0.1) is 17.5 Å². The van der Waals surface area contributed by atoms with Gasteiger partial charge in [0, 0.05) is 5.92 Å². The second kappa shape index (κ2) is 8.68. The number of likely N-dealkylation sites (N-methyl/N-ethyl adjacent to an activating group) is 1. The van der Waals surface area contributed by atoms with E-state index in [0.717, 1.165) is 22.3 Å². The van der Waals surface area contributed by atoms with Crippen LogP contribution in [-0.2, 0) is 25.6 Å². The zero-order chi connectivity index (χ0) is 27.8. The van der Waals surface area contributed by atoms with Gasteiger partial charge in [-0.25, -0.2) is 0 Å². The lowest BCUT2D eigenvalue weighted by Gasteiger charge is -2.52. The number of ketones is 4. The van der Waals surface area contributed by atoms with E-state index in [9.17, 15) is 34.2 Å². The predicted molar refractivity (Wildman–Crippen MR) is 136 cm³/mol. The molecule has 0 heterocycles. The lowest BCUT2D eigenvalue weighted by Crippen LogP contribution is -2.74. The number of phenolic OH excluding ortho intramolecular Hbond substituents is 1. The van der Waals surface area contributed by atoms with Gasteiger partial charge in [0.2, 0.25) is 5.91 Å². The molecule has 2 aromatic carbocycles. The highest BCUT2D eigenvalue weighted by atomic mass is 16.3. The molecule has 0 radical (unpaired) electrons. The number of aromatic hydroxyl groups is 1. The molecule has 4 N–H and O–H groups in total. The average molecular weight is 519 g/mol. The molecule has 2 aromatic rings. The number of nitrogens with zero attached hydrogens (tertiary/aromatic N) is 1. The summed E-state index contributed by atoms with van der Waals surface area (Å²) in [6.45, 7) is 3.97. The molecule has 6 atom stereocenters. The van der Waals surface area contributed by atoms with Crippen molar-refractivity contribution in [2.75, 3.05) is 14.1 Å². The Morgan fingerprint density at radius 2 is 1.71 bits per heavy atom. The fraction of sp³-hybridized carbons (Fsp3) is 0.414. The average Bonchev–Trinajstić information content (AvgIpc) is 2.83. The third-order valence-electron chi connectivity index (χ3n) is 8.76. The van der Waals surface area contributed by atoms with E-state index < -0.39 is 64.4 Å². The molecule has 9 nitrogen and oxygen atoms in total. The Morgan fingerprint density at radius 1 is 1.03 bits per heavy atom. The first-order valence-corrected chi connectivity index (χ1v) is 12.6. The lowest BCUT2D eigenvalue weighted by molar-refractivity contribution is -0.181. The molecule has 3 aliphatic carbocycles. The van der Waals surface area contributed by atoms with Gasteiger partial charge in [0.1, 0.15) is 5.75 Å². The second-order valence-electron chi connectivity index (χ2n) is 11.1. The van der Waals surface area contributed by atoms with Crippen molar-refractivity contribution in [3.8, 4) is 16.9 Å². The Labute approximate surface area is 219 Å². The number of fused-ring (bicyclic) bond motifs is 3. The van der Waals surface area contributed by atoms with Crippen molar-refractivity contribution in [3.05, 3.63) is 52.6 Å². The molecule has 9 heteroatoms. The van der Waals surface area contributed by atoms with Gasteiger partial charge in [0.25, 0.3) is 0 Å². The Kier molecular flexibility index (Phi) is 5.92. The van der Waals surface area contributed by atoms with Gasteiger partial charge in [-0.1, -0.05) is 24.3 Å². The smallest absolute Gasteiger partial charge is 0.235 e. The van der Waals surface area contributed by atoms with Gasteiger partial charge in [0.15, 0.2) is 34.7 Å². The van der Waals surface area contributed by atoms with Gasteiger partial charge in [-0.2, -0.15) is 0 Å². The Hall–Kier alpha value is -3.69. The van der Waals surface area contributed by atoms with Crippen LogP contribution in [0.15, 0.2) is 30.3 Å². The third-order valence-corrected chi connectivity index (χ3v) is 8.76. The van der Waals surface area contributed by atoms with Crippen LogP contribution in [0.25, 0.3) is 11.1 Å². The molecule has 0 aromatic heterocycles. The van der Waals surface area contributed by atoms with Crippen LogP contribution in [-0.4, -0.2) is 69.9 Å². The number of primary amides is 1. The molecule has 0 saturated heterocycles. The van der Waals surface area contributed by atoms with E-state index in [0.29, 0.717) is 5.56 Å². The van der Waals surface area contributed by atoms with Crippen LogP contribution in [0.1, 0.15) is 33.5 Å². The van der Waals surface area contributed by atoms with E-state index in [1.807, 2.05) is 32.0 Å². The van der Waals surface area contributed by atoms with Gasteiger partial charge in [-0.3, -0.25) is 28.9 Å². The Bertz CT molecular complexity index is 1440. The number of hydrogen-bond acceptors (Lipinski definition) is 8. The first-order valence-electron chi connectivity index (χ1n) is 12.6. The fourth-order valence-electron chi connectivity index (χ4n) is 6.78. The highest BCUT2D eigenvalue weighted by Crippen LogP contribution is 2.51. The van der Waals surface area contributed by atoms with Gasteiger partial charge in [-0.15, -0.1) is 0 Å². The van der Waals surface area contributed by atoms with Crippen LogP contribution < -0.4 is 5.73 Å². The summed E-state index contributed by atoms with van der Waals surface area (Å²) in [5.41, 5.74) is 6.96. The van der Waals surface area contributed by atoms with E-state index in [4.69, 9.17) is 5.73 Å². The molecule has 0 bridgehead atoms. The second-order valence-corrected chi connectivity index (χ2v) is 11.1. The predicted octanol–water partition coefficient (Wildman–Crippen LogP) is 1.15. The minimum atomic E-state index is -2.72. The molecule has 1 amide bonds. The summed E-state index contributed by atoms with van der Waals surface area (Å²) >= 11 is 0. The number of amides is 1. The summed E-state index contributed by atoms with van der Waals surface area (Å²) in [5, 5.41) is 22.4. The minimum absolute atomic E-state index is 0.00711. The first kappa shape index (κ1) is 25.9. The standard InChI is InChI=1S/C29H30N2O7/c1-12-5-6-14(9-13(12)2)16-7-8-19(32)21-17(16)10-15-11-18-23(31(3)4)25(34)22(28(30)37)27(36)29(18,38)26(35)20(15)24(21)33/h5-9,15,18,20,22-23,32,38H,10-11H2,1-4H3,(H2,30,37)/t15-,18-,20?,22?,23-,29-/m1/s1. The van der Waals surface area contributed by atoms with Crippen LogP contribution in [0.5, 0.6) is 5.75 Å². The maximum atomic E-state index is 13.9. The number of carbonyl (C=O) groups is 5. The normalized spacial score (nSPS) is 30.6. The largest absolute Gasteiger partial charge is 0.507 e. The molecule has 3 aliphatic rings. The van der Waals surface area contributed by atoms with Crippen molar-refractivity contribution in [2.45, 2.75) is 38.3 Å². The minimum Gasteiger partial charge on any atom is -0.507 e. The number of aliphatic hydroxyl groups is 1. The summed E-state index contributed by atoms with van der Waals surface area (Å²) in [6, 6.07) is 7.91. The first-order chi connectivity index (χ1) is 17.8. The number of carbonyl (C=O) groups excluding carboxylic acids is 5. The molecule has 5 rings (SSSR count). The highest BCUT2D eigenvalue weighted by molar-refractivity contribution is 6.32. The summed E-state index contributed by atoms with van der Waals surface area (Å²) in [5.74, 6) is -10.4. The van der Waals surface area contributed by atoms with E-state index >= 15 is 0 Å². The lowest BCUT2D eigenvalue weighted by atomic mass is 9.52. The van der Waals surface area contributed by atoms with Gasteiger partial charge >= 0.3 is 0 Å². The van der Waals surface area contributed by atoms with E-state index in [2.05, 4.69) is 0 Å². The number of Topliss-reactive ketones (excluding diaryl/α,β-unsaturated/α-hetero) is 4. The molecule has 38 heavy (non-hydrogen) atoms. The Morgan fingerprint density at radius 3 is 2.32 bits per heavy atom. The SMILES string of the molecule is Cc1ccc(-c2ccc(O)c3c2C[C@@H]2C[C@@H]4[C@@H](N(C)C)C(=O)C(C(N)=O)C(=O)[C@]4(O)C(=O)C2C3=O)cc1C. The molecule has 2 unspecified atom stereocenters. The molecular formula is C29H30N2O7. The van der Waals surface area contributed by atoms with Crippen LogP contribution in [0, 0.1) is 37.5 Å². The van der Waals surface area contributed by atoms with Crippen molar-refractivity contribution >= 4 is 29.0 Å². The van der Waals surface area contributed by atoms with E-state index in [1.165, 1.54) is 11.0 Å². The van der Waals surface area contributed by atoms with Crippen molar-refractivity contribution in [2.24, 2.45) is 29.4 Å².